The van der Waals surface area contributed by atoms with Gasteiger partial charge in [0.25, 0.3) is 0 Å². The summed E-state index contributed by atoms with van der Waals surface area (Å²) in [5.41, 5.74) is 5.86. The first-order valence-corrected chi connectivity index (χ1v) is 7.72. The van der Waals surface area contributed by atoms with Gasteiger partial charge in [-0.05, 0) is 39.0 Å². The van der Waals surface area contributed by atoms with Gasteiger partial charge in [-0.25, -0.2) is 0 Å². The summed E-state index contributed by atoms with van der Waals surface area (Å²) >= 11 is 0. The van der Waals surface area contributed by atoms with Gasteiger partial charge in [0, 0.05) is 25.2 Å². The van der Waals surface area contributed by atoms with Gasteiger partial charge >= 0.3 is 0 Å². The minimum Gasteiger partial charge on any atom is -0.355 e. The number of nitrogens with one attached hydrogen (secondary N) is 1. The molecule has 0 saturated carbocycles. The fourth-order valence-electron chi connectivity index (χ4n) is 3.01. The van der Waals surface area contributed by atoms with Crippen molar-refractivity contribution >= 4 is 5.91 Å². The molecule has 1 rings (SSSR count). The highest BCUT2D eigenvalue weighted by atomic mass is 16.2. The minimum atomic E-state index is -0.0731. The highest BCUT2D eigenvalue weighted by Crippen LogP contribution is 2.24. The maximum Gasteiger partial charge on any atom is 0.237 e. The van der Waals surface area contributed by atoms with Gasteiger partial charge < -0.3 is 11.1 Å². The summed E-state index contributed by atoms with van der Waals surface area (Å²) in [6.45, 7) is 9.98. The molecule has 4 nitrogen and oxygen atoms in total. The Morgan fingerprint density at radius 2 is 2.05 bits per heavy atom. The van der Waals surface area contributed by atoms with Gasteiger partial charge in [-0.3, -0.25) is 9.69 Å². The van der Waals surface area contributed by atoms with Gasteiger partial charge in [0.2, 0.25) is 5.91 Å². The van der Waals surface area contributed by atoms with E-state index in [2.05, 4.69) is 31.0 Å². The summed E-state index contributed by atoms with van der Waals surface area (Å²) in [6.07, 6.45) is 4.54. The van der Waals surface area contributed by atoms with Crippen molar-refractivity contribution in [1.82, 2.24) is 10.2 Å². The summed E-state index contributed by atoms with van der Waals surface area (Å²) in [6, 6.07) is 0.735. The van der Waals surface area contributed by atoms with E-state index in [1.807, 2.05) is 6.92 Å². The second-order valence-electron chi connectivity index (χ2n) is 6.27. The van der Waals surface area contributed by atoms with Crippen LogP contribution in [0, 0.1) is 5.92 Å². The summed E-state index contributed by atoms with van der Waals surface area (Å²) in [7, 11) is 0. The standard InChI is InChI=1S/C15H31N3O/c1-11(2)8-9-17-15(19)13(4)18-12(3)6-5-7-14(18)10-16/h11-14H,5-10,16H2,1-4H3,(H,17,19). The molecule has 0 aliphatic carbocycles. The van der Waals surface area contributed by atoms with Crippen molar-refractivity contribution in [2.24, 2.45) is 11.7 Å². The molecule has 3 unspecified atom stereocenters. The van der Waals surface area contributed by atoms with Crippen molar-refractivity contribution in [3.05, 3.63) is 0 Å². The van der Waals surface area contributed by atoms with Crippen LogP contribution in [-0.2, 0) is 4.79 Å². The van der Waals surface area contributed by atoms with E-state index in [9.17, 15) is 4.79 Å². The van der Waals surface area contributed by atoms with Crippen LogP contribution in [0.15, 0.2) is 0 Å². The molecule has 0 bridgehead atoms. The number of nitrogens with two attached hydrogens (primary N) is 1. The van der Waals surface area contributed by atoms with Gasteiger partial charge in [-0.1, -0.05) is 20.3 Å². The summed E-state index contributed by atoms with van der Waals surface area (Å²) < 4.78 is 0. The first kappa shape index (κ1) is 16.4. The quantitative estimate of drug-likeness (QED) is 0.772. The van der Waals surface area contributed by atoms with Crippen LogP contribution in [0.1, 0.15) is 53.4 Å². The normalized spacial score (nSPS) is 26.4. The highest BCUT2D eigenvalue weighted by Gasteiger charge is 2.33. The van der Waals surface area contributed by atoms with Gasteiger partial charge in [-0.15, -0.1) is 0 Å². The summed E-state index contributed by atoms with van der Waals surface area (Å²) in [5.74, 6) is 0.772. The highest BCUT2D eigenvalue weighted by molar-refractivity contribution is 5.81. The molecule has 0 aromatic heterocycles. The van der Waals surface area contributed by atoms with Crippen LogP contribution in [0.4, 0.5) is 0 Å². The molecule has 1 fully saturated rings. The predicted molar refractivity (Wildman–Crippen MR) is 79.9 cm³/mol. The van der Waals surface area contributed by atoms with Crippen molar-refractivity contribution in [2.75, 3.05) is 13.1 Å². The van der Waals surface area contributed by atoms with Gasteiger partial charge in [0.05, 0.1) is 6.04 Å². The number of nitrogens with zero attached hydrogens (tertiary/aromatic N) is 1. The molecule has 3 atom stereocenters. The second-order valence-corrected chi connectivity index (χ2v) is 6.27. The van der Waals surface area contributed by atoms with Crippen molar-refractivity contribution < 1.29 is 4.79 Å². The van der Waals surface area contributed by atoms with Crippen LogP contribution < -0.4 is 11.1 Å². The van der Waals surface area contributed by atoms with E-state index in [4.69, 9.17) is 5.73 Å². The molecule has 19 heavy (non-hydrogen) atoms. The van der Waals surface area contributed by atoms with Gasteiger partial charge in [-0.2, -0.15) is 0 Å². The van der Waals surface area contributed by atoms with E-state index in [-0.39, 0.29) is 11.9 Å². The van der Waals surface area contributed by atoms with Gasteiger partial charge in [0.15, 0.2) is 0 Å². The Morgan fingerprint density at radius 1 is 1.37 bits per heavy atom. The monoisotopic (exact) mass is 269 g/mol. The third-order valence-corrected chi connectivity index (χ3v) is 4.21. The zero-order valence-corrected chi connectivity index (χ0v) is 13.0. The molecule has 3 N–H and O–H groups in total. The van der Waals surface area contributed by atoms with E-state index in [1.54, 1.807) is 0 Å². The molecule has 0 spiro atoms. The van der Waals surface area contributed by atoms with Crippen molar-refractivity contribution in [3.63, 3.8) is 0 Å². The average Bonchev–Trinajstić information content (AvgIpc) is 2.37. The molecule has 112 valence electrons. The Bertz CT molecular complexity index is 281. The lowest BCUT2D eigenvalue weighted by Gasteiger charge is -2.43. The van der Waals surface area contributed by atoms with Crippen LogP contribution in [-0.4, -0.2) is 42.0 Å². The molecule has 0 radical (unpaired) electrons. The number of carbonyl (C=O) groups excluding carboxylic acids is 1. The molecule has 1 saturated heterocycles. The molecule has 1 heterocycles. The Hall–Kier alpha value is -0.610. The first-order valence-electron chi connectivity index (χ1n) is 7.72. The zero-order valence-electron chi connectivity index (χ0n) is 13.0. The maximum atomic E-state index is 12.2. The van der Waals surface area contributed by atoms with E-state index in [0.717, 1.165) is 19.4 Å². The van der Waals surface area contributed by atoms with Crippen LogP contribution in [0.5, 0.6) is 0 Å². The van der Waals surface area contributed by atoms with Crippen LogP contribution in [0.2, 0.25) is 0 Å². The number of amides is 1. The number of hydrogen-bond acceptors (Lipinski definition) is 3. The van der Waals surface area contributed by atoms with E-state index in [1.165, 1.54) is 12.8 Å². The largest absolute Gasteiger partial charge is 0.355 e. The fraction of sp³-hybridized carbons (Fsp3) is 0.933. The van der Waals surface area contributed by atoms with E-state index < -0.39 is 0 Å². The van der Waals surface area contributed by atoms with E-state index >= 15 is 0 Å². The smallest absolute Gasteiger partial charge is 0.237 e. The van der Waals surface area contributed by atoms with Crippen LogP contribution in [0.3, 0.4) is 0 Å². The van der Waals surface area contributed by atoms with Crippen molar-refractivity contribution in [1.29, 1.82) is 0 Å². The van der Waals surface area contributed by atoms with Crippen LogP contribution >= 0.6 is 0 Å². The summed E-state index contributed by atoms with van der Waals surface area (Å²) in [4.78, 5) is 14.6. The lowest BCUT2D eigenvalue weighted by molar-refractivity contribution is -0.128. The Balaban J connectivity index is 2.52. The van der Waals surface area contributed by atoms with Crippen molar-refractivity contribution in [3.8, 4) is 0 Å². The molecule has 1 aliphatic heterocycles. The molecule has 1 aliphatic rings. The fourth-order valence-corrected chi connectivity index (χ4v) is 3.01. The lowest BCUT2D eigenvalue weighted by atomic mass is 9.94. The maximum absolute atomic E-state index is 12.2. The molecule has 0 aromatic rings. The van der Waals surface area contributed by atoms with E-state index in [0.29, 0.717) is 24.5 Å². The number of piperidine rings is 1. The molecule has 0 aromatic carbocycles. The number of rotatable bonds is 6. The zero-order chi connectivity index (χ0) is 14.4. The second kappa shape index (κ2) is 7.85. The number of hydrogen-bond donors (Lipinski definition) is 2. The lowest BCUT2D eigenvalue weighted by Crippen LogP contribution is -2.57. The molecule has 4 heteroatoms. The third kappa shape index (κ3) is 4.77. The summed E-state index contributed by atoms with van der Waals surface area (Å²) in [5, 5.41) is 3.05. The SMILES string of the molecule is CC(C)CCNC(=O)C(C)N1C(C)CCCC1CN. The Labute approximate surface area is 118 Å². The third-order valence-electron chi connectivity index (χ3n) is 4.21. The molecular formula is C15H31N3O. The van der Waals surface area contributed by atoms with Crippen molar-refractivity contribution in [2.45, 2.75) is 71.5 Å². The molecule has 1 amide bonds. The topological polar surface area (TPSA) is 58.4 Å². The Morgan fingerprint density at radius 3 is 2.63 bits per heavy atom. The first-order chi connectivity index (χ1) is 8.97. The Kier molecular flexibility index (Phi) is 6.80. The van der Waals surface area contributed by atoms with Crippen LogP contribution in [0.25, 0.3) is 0 Å². The van der Waals surface area contributed by atoms with Gasteiger partial charge in [0.1, 0.15) is 0 Å². The number of likely N-dealkylation sites (tertiary alicyclic amines) is 1. The average molecular weight is 269 g/mol. The number of carbonyl (C=O) groups is 1. The predicted octanol–water partition coefficient (Wildman–Crippen LogP) is 1.74. The minimum absolute atomic E-state index is 0.0731. The molecular weight excluding hydrogens is 238 g/mol.